The van der Waals surface area contributed by atoms with E-state index < -0.39 is 6.10 Å². The third-order valence-corrected chi connectivity index (χ3v) is 4.26. The van der Waals surface area contributed by atoms with E-state index in [9.17, 15) is 0 Å². The third kappa shape index (κ3) is 8.44. The molecule has 0 saturated carbocycles. The van der Waals surface area contributed by atoms with E-state index in [1.807, 2.05) is 6.92 Å². The van der Waals surface area contributed by atoms with E-state index in [4.69, 9.17) is 53.7 Å². The summed E-state index contributed by atoms with van der Waals surface area (Å²) in [6.45, 7) is 10.0. The van der Waals surface area contributed by atoms with Gasteiger partial charge in [-0.2, -0.15) is 0 Å². The Morgan fingerprint density at radius 1 is 1.18 bits per heavy atom. The van der Waals surface area contributed by atoms with Crippen LogP contribution < -0.4 is 5.32 Å². The molecule has 13 nitrogen and oxygen atoms in total. The van der Waals surface area contributed by atoms with Gasteiger partial charge in [-0.3, -0.25) is 4.57 Å². The van der Waals surface area contributed by atoms with E-state index in [0.29, 0.717) is 23.5 Å². The minimum Gasteiger partial charge on any atom is -0.454 e. The minimum absolute atomic E-state index is 0.00667. The molecule has 0 unspecified atom stereocenters. The molecular formula is C19H24N8O5S2. The summed E-state index contributed by atoms with van der Waals surface area (Å²) in [6.07, 6.45) is 3.98. The number of hydrogen-bond donors (Lipinski definition) is 1. The largest absolute Gasteiger partial charge is 0.454 e. The Kier molecular flexibility index (Phi) is 11.5. The van der Waals surface area contributed by atoms with Crippen LogP contribution in [0.3, 0.4) is 0 Å². The molecule has 15 heteroatoms. The van der Waals surface area contributed by atoms with Crippen molar-refractivity contribution in [2.24, 2.45) is 5.11 Å². The Morgan fingerprint density at radius 2 is 1.82 bits per heavy atom. The number of nitrogens with zero attached hydrogens (tertiary/aromatic N) is 7. The molecule has 0 spiro atoms. The average molecular weight is 509 g/mol. The molecule has 2 rings (SSSR count). The topological polar surface area (TPSA) is 151 Å². The highest BCUT2D eigenvalue weighted by Crippen LogP contribution is 2.22. The number of hydrogen-bond acceptors (Lipinski definition) is 12. The van der Waals surface area contributed by atoms with Gasteiger partial charge in [0.15, 0.2) is 17.0 Å². The van der Waals surface area contributed by atoms with Crippen LogP contribution >= 0.6 is 24.4 Å². The summed E-state index contributed by atoms with van der Waals surface area (Å²) in [4.78, 5) is 15.5. The van der Waals surface area contributed by atoms with Gasteiger partial charge in [0.2, 0.25) is 5.95 Å². The second-order valence-electron chi connectivity index (χ2n) is 6.22. The molecular weight excluding hydrogens is 484 g/mol. The number of azide groups is 1. The molecule has 0 bridgehead atoms. The standard InChI is InChI=1S/C19H24N8O5S2/c1-4-7-28-18(33)30-9-13(10-31-19(34)29-8-5-2)32-12-27-11-22-14-15(21-6-3)23-17(25-26-20)24-16(14)27/h4-5,11,13H,1-2,6-10,12H2,3H3,(H,21,23,24). The molecule has 0 atom stereocenters. The maximum atomic E-state index is 8.76. The van der Waals surface area contributed by atoms with Crippen LogP contribution in [-0.4, -0.2) is 69.1 Å². The van der Waals surface area contributed by atoms with Crippen LogP contribution in [0.4, 0.5) is 11.8 Å². The fourth-order valence-corrected chi connectivity index (χ4v) is 2.66. The maximum Gasteiger partial charge on any atom is 0.352 e. The van der Waals surface area contributed by atoms with Crippen molar-refractivity contribution in [3.05, 3.63) is 42.1 Å². The molecule has 0 aliphatic carbocycles. The second kappa shape index (κ2) is 14.6. The highest BCUT2D eigenvalue weighted by molar-refractivity contribution is 7.79. The smallest absolute Gasteiger partial charge is 0.352 e. The number of thiocarbonyl (C=S) groups is 2. The summed E-state index contributed by atoms with van der Waals surface area (Å²) < 4.78 is 28.7. The lowest BCUT2D eigenvalue weighted by Gasteiger charge is -2.19. The molecule has 182 valence electrons. The summed E-state index contributed by atoms with van der Waals surface area (Å²) in [7, 11) is 0. The summed E-state index contributed by atoms with van der Waals surface area (Å²) in [5.41, 5.74) is 9.65. The molecule has 0 aliphatic rings. The van der Waals surface area contributed by atoms with Gasteiger partial charge < -0.3 is 29.0 Å². The lowest BCUT2D eigenvalue weighted by molar-refractivity contribution is -0.0509. The van der Waals surface area contributed by atoms with Crippen molar-refractivity contribution in [2.45, 2.75) is 19.8 Å². The normalized spacial score (nSPS) is 10.3. The van der Waals surface area contributed by atoms with Crippen LogP contribution in [0.15, 0.2) is 36.8 Å². The summed E-state index contributed by atoms with van der Waals surface area (Å²) in [6, 6.07) is 0. The molecule has 1 N–H and O–H groups in total. The molecule has 2 aromatic rings. The van der Waals surface area contributed by atoms with Crippen molar-refractivity contribution >= 4 is 57.8 Å². The molecule has 0 radical (unpaired) electrons. The molecule has 0 saturated heterocycles. The first-order valence-electron chi connectivity index (χ1n) is 9.96. The van der Waals surface area contributed by atoms with Crippen molar-refractivity contribution in [2.75, 3.05) is 38.3 Å². The van der Waals surface area contributed by atoms with Gasteiger partial charge in [-0.05, 0) is 17.6 Å². The van der Waals surface area contributed by atoms with Gasteiger partial charge in [0.1, 0.15) is 39.3 Å². The Bertz CT molecular complexity index is 1030. The molecule has 0 aliphatic heterocycles. The van der Waals surface area contributed by atoms with Crippen LogP contribution in [0, 0.1) is 0 Å². The predicted molar refractivity (Wildman–Crippen MR) is 133 cm³/mol. The first kappa shape index (κ1) is 26.7. The fourth-order valence-electron chi connectivity index (χ4n) is 2.39. The number of ether oxygens (including phenoxy) is 5. The molecule has 0 aromatic carbocycles. The van der Waals surface area contributed by atoms with E-state index >= 15 is 0 Å². The molecule has 2 aromatic heterocycles. The third-order valence-electron chi connectivity index (χ3n) is 3.79. The van der Waals surface area contributed by atoms with Crippen molar-refractivity contribution in [3.8, 4) is 0 Å². The van der Waals surface area contributed by atoms with Gasteiger partial charge in [-0.15, -0.1) is 0 Å². The summed E-state index contributed by atoms with van der Waals surface area (Å²) >= 11 is 10.0. The Hall–Kier alpha value is -3.52. The molecule has 2 heterocycles. The van der Waals surface area contributed by atoms with Crippen LogP contribution in [0.2, 0.25) is 0 Å². The zero-order valence-electron chi connectivity index (χ0n) is 18.5. The maximum absolute atomic E-state index is 8.76. The molecule has 0 fully saturated rings. The summed E-state index contributed by atoms with van der Waals surface area (Å²) in [5.74, 6) is 0.386. The number of fused-ring (bicyclic) bond motifs is 1. The molecule has 0 amide bonds. The second-order valence-corrected chi connectivity index (χ2v) is 6.88. The molecule has 34 heavy (non-hydrogen) atoms. The van der Waals surface area contributed by atoms with Crippen LogP contribution in [-0.2, 0) is 30.4 Å². The van der Waals surface area contributed by atoms with Crippen molar-refractivity contribution in [3.63, 3.8) is 0 Å². The van der Waals surface area contributed by atoms with Gasteiger partial charge in [0, 0.05) is 35.9 Å². The van der Waals surface area contributed by atoms with Crippen molar-refractivity contribution in [1.82, 2.24) is 19.5 Å². The zero-order chi connectivity index (χ0) is 24.8. The highest BCUT2D eigenvalue weighted by atomic mass is 32.1. The highest BCUT2D eigenvalue weighted by Gasteiger charge is 2.17. The van der Waals surface area contributed by atoms with Gasteiger partial charge in [-0.1, -0.05) is 25.3 Å². The summed E-state index contributed by atoms with van der Waals surface area (Å²) in [5, 5.41) is 6.43. The lowest BCUT2D eigenvalue weighted by Crippen LogP contribution is -2.29. The fraction of sp³-hybridized carbons (Fsp3) is 0.421. The van der Waals surface area contributed by atoms with Crippen molar-refractivity contribution < 1.29 is 23.7 Å². The van der Waals surface area contributed by atoms with E-state index in [2.05, 4.69) is 43.5 Å². The number of anilines is 1. The van der Waals surface area contributed by atoms with Gasteiger partial charge in [-0.25, -0.2) is 15.0 Å². The van der Waals surface area contributed by atoms with Crippen LogP contribution in [0.25, 0.3) is 21.6 Å². The number of aromatic nitrogens is 4. The predicted octanol–water partition coefficient (Wildman–Crippen LogP) is 3.55. The Balaban J connectivity index is 2.13. The van der Waals surface area contributed by atoms with Crippen molar-refractivity contribution in [1.29, 1.82) is 0 Å². The van der Waals surface area contributed by atoms with Gasteiger partial charge in [0.25, 0.3) is 0 Å². The van der Waals surface area contributed by atoms with Gasteiger partial charge >= 0.3 is 10.5 Å². The first-order valence-corrected chi connectivity index (χ1v) is 10.8. The minimum atomic E-state index is -0.625. The average Bonchev–Trinajstić information content (AvgIpc) is 3.24. The van der Waals surface area contributed by atoms with E-state index in [1.54, 1.807) is 16.7 Å². The Labute approximate surface area is 206 Å². The van der Waals surface area contributed by atoms with Gasteiger partial charge in [0.05, 0.1) is 6.33 Å². The Morgan fingerprint density at radius 3 is 2.38 bits per heavy atom. The van der Waals surface area contributed by atoms with Crippen LogP contribution in [0.1, 0.15) is 6.92 Å². The number of imidazole rings is 1. The van der Waals surface area contributed by atoms with Crippen LogP contribution in [0.5, 0.6) is 0 Å². The van der Waals surface area contributed by atoms with E-state index in [-0.39, 0.29) is 49.6 Å². The number of nitrogens with one attached hydrogen (secondary N) is 1. The SMILES string of the molecule is C=CCOC(=S)OCC(COC(=S)OCC=C)OCn1cnc2c(NCC)nc(N=[N+]=[N-])nc21. The zero-order valence-corrected chi connectivity index (χ0v) is 20.1. The van der Waals surface area contributed by atoms with E-state index in [0.717, 1.165) is 0 Å². The monoisotopic (exact) mass is 508 g/mol. The first-order chi connectivity index (χ1) is 16.5. The quantitative estimate of drug-likeness (QED) is 0.131. The lowest BCUT2D eigenvalue weighted by atomic mass is 10.4. The van der Waals surface area contributed by atoms with E-state index in [1.165, 1.54) is 6.33 Å². The number of rotatable bonds is 14.